The number of ether oxygens (including phenoxy) is 1. The highest BCUT2D eigenvalue weighted by atomic mass is 32.2. The first-order valence-corrected chi connectivity index (χ1v) is 21.6. The van der Waals surface area contributed by atoms with Crippen LogP contribution in [-0.2, 0) is 24.8 Å². The summed E-state index contributed by atoms with van der Waals surface area (Å²) >= 11 is 0. The van der Waals surface area contributed by atoms with Crippen molar-refractivity contribution in [1.82, 2.24) is 20.0 Å². The number of benzene rings is 2. The van der Waals surface area contributed by atoms with Crippen LogP contribution >= 0.6 is 0 Å². The Morgan fingerprint density at radius 1 is 0.946 bits per heavy atom. The van der Waals surface area contributed by atoms with Gasteiger partial charge in [-0.25, -0.2) is 26.4 Å². The molecule has 0 radical (unpaired) electrons. The summed E-state index contributed by atoms with van der Waals surface area (Å²) < 4.78 is 78.8. The maximum atomic E-state index is 16.3. The van der Waals surface area contributed by atoms with Crippen LogP contribution in [0.3, 0.4) is 0 Å². The lowest BCUT2D eigenvalue weighted by atomic mass is 9.57. The molecule has 304 valence electrons. The van der Waals surface area contributed by atoms with Gasteiger partial charge in [-0.3, -0.25) is 9.69 Å². The molecule has 1 N–H and O–H groups in total. The number of amides is 2. The van der Waals surface area contributed by atoms with E-state index in [9.17, 15) is 18.0 Å². The average molecular weight is 798 g/mol. The van der Waals surface area contributed by atoms with E-state index in [4.69, 9.17) is 4.74 Å². The first kappa shape index (κ1) is 40.4. The number of alkyl halides is 1. The highest BCUT2D eigenvalue weighted by Gasteiger charge is 2.54. The predicted molar refractivity (Wildman–Crippen MR) is 208 cm³/mol. The quantitative estimate of drug-likeness (QED) is 0.312. The van der Waals surface area contributed by atoms with E-state index in [1.807, 2.05) is 6.07 Å². The topological polar surface area (TPSA) is 103 Å². The largest absolute Gasteiger partial charge is 0.453 e. The molecule has 10 nitrogen and oxygen atoms in total. The van der Waals surface area contributed by atoms with Crippen molar-refractivity contribution in [3.63, 3.8) is 0 Å². The van der Waals surface area contributed by atoms with Crippen LogP contribution in [-0.4, -0.2) is 125 Å². The summed E-state index contributed by atoms with van der Waals surface area (Å²) in [6, 6.07) is 10.7. The minimum absolute atomic E-state index is 0.00486. The fourth-order valence-corrected chi connectivity index (χ4v) is 12.1. The van der Waals surface area contributed by atoms with Crippen LogP contribution in [0.1, 0.15) is 63.9 Å². The van der Waals surface area contributed by atoms with Crippen LogP contribution in [0.4, 0.5) is 23.7 Å². The smallest absolute Gasteiger partial charge is 0.407 e. The molecule has 0 aromatic heterocycles. The highest BCUT2D eigenvalue weighted by Crippen LogP contribution is 2.52. The molecule has 7 rings (SSSR count). The summed E-state index contributed by atoms with van der Waals surface area (Å²) in [4.78, 5) is 32.3. The third kappa shape index (κ3) is 8.14. The number of hydrogen-bond acceptors (Lipinski definition) is 8. The SMILES string of the molecule is CC#CC(=O)N1CCC[C@H](S(=O)(=O)c2ccc(N3CC(F)(CN4CCC([C@@](CN5CCC5)(c5cccc(F)c5)[C@H]5CCC[C@@H]5NC(=O)OC)CC4)C3)c(F)c2)C1. The second-order valence-corrected chi connectivity index (χ2v) is 18.8. The number of methoxy groups -OCH3 is 1. The molecule has 4 aliphatic heterocycles. The molecule has 4 heterocycles. The Morgan fingerprint density at radius 3 is 2.38 bits per heavy atom. The van der Waals surface area contributed by atoms with Crippen molar-refractivity contribution in [2.45, 2.75) is 85.6 Å². The van der Waals surface area contributed by atoms with E-state index in [0.717, 1.165) is 69.8 Å². The van der Waals surface area contributed by atoms with Gasteiger partial charge in [0.2, 0.25) is 0 Å². The molecule has 4 atom stereocenters. The summed E-state index contributed by atoms with van der Waals surface area (Å²) in [5.74, 6) is 3.84. The van der Waals surface area contributed by atoms with Gasteiger partial charge in [-0.1, -0.05) is 24.5 Å². The van der Waals surface area contributed by atoms with Crippen molar-refractivity contribution in [3.8, 4) is 11.8 Å². The third-order valence-corrected chi connectivity index (χ3v) is 15.3. The van der Waals surface area contributed by atoms with Gasteiger partial charge in [-0.15, -0.1) is 0 Å². The molecule has 5 aliphatic rings. The first-order valence-electron chi connectivity index (χ1n) is 20.1. The molecule has 5 fully saturated rings. The number of alkyl carbamates (subject to hydrolysis) is 1. The zero-order valence-corrected chi connectivity index (χ0v) is 33.3. The predicted octanol–water partition coefficient (Wildman–Crippen LogP) is 5.16. The summed E-state index contributed by atoms with van der Waals surface area (Å²) in [6.45, 7) is 6.19. The van der Waals surface area contributed by atoms with Crippen molar-refractivity contribution < 1.29 is 35.9 Å². The van der Waals surface area contributed by atoms with Gasteiger partial charge in [0.15, 0.2) is 15.5 Å². The molecule has 2 aromatic rings. The first-order chi connectivity index (χ1) is 26.8. The Labute approximate surface area is 329 Å². The van der Waals surface area contributed by atoms with E-state index in [0.29, 0.717) is 32.5 Å². The lowest BCUT2D eigenvalue weighted by Gasteiger charge is -2.54. The van der Waals surface area contributed by atoms with Gasteiger partial charge in [-0.05, 0) is 132 Å². The zero-order chi connectivity index (χ0) is 39.7. The van der Waals surface area contributed by atoms with Gasteiger partial charge in [-0.2, -0.15) is 0 Å². The van der Waals surface area contributed by atoms with Gasteiger partial charge in [0, 0.05) is 37.6 Å². The number of halogens is 3. The summed E-state index contributed by atoms with van der Waals surface area (Å²) in [5, 5.41) is 2.26. The summed E-state index contributed by atoms with van der Waals surface area (Å²) in [5.41, 5.74) is -0.873. The third-order valence-electron chi connectivity index (χ3n) is 13.2. The van der Waals surface area contributed by atoms with Crippen molar-refractivity contribution in [3.05, 3.63) is 59.7 Å². The number of anilines is 1. The lowest BCUT2D eigenvalue weighted by molar-refractivity contribution is -0.125. The average Bonchev–Trinajstić information content (AvgIpc) is 3.62. The van der Waals surface area contributed by atoms with E-state index in [1.54, 1.807) is 24.0 Å². The number of sulfone groups is 1. The molecule has 0 unspecified atom stereocenters. The van der Waals surface area contributed by atoms with Crippen LogP contribution in [0, 0.1) is 35.3 Å². The number of piperidine rings is 2. The van der Waals surface area contributed by atoms with Crippen molar-refractivity contribution in [2.75, 3.05) is 77.5 Å². The maximum Gasteiger partial charge on any atom is 0.407 e. The molecule has 2 aromatic carbocycles. The normalized spacial score (nSPS) is 25.6. The van der Waals surface area contributed by atoms with Gasteiger partial charge in [0.1, 0.15) is 11.6 Å². The Kier molecular flexibility index (Phi) is 12.0. The van der Waals surface area contributed by atoms with Crippen molar-refractivity contribution in [1.29, 1.82) is 0 Å². The highest BCUT2D eigenvalue weighted by molar-refractivity contribution is 7.92. The fraction of sp³-hybridized carbons (Fsp3) is 0.619. The number of carbonyl (C=O) groups excluding carboxylic acids is 2. The summed E-state index contributed by atoms with van der Waals surface area (Å²) in [6.07, 6.45) is 5.78. The van der Waals surface area contributed by atoms with E-state index in [1.165, 1.54) is 30.2 Å². The van der Waals surface area contributed by atoms with E-state index in [2.05, 4.69) is 27.0 Å². The van der Waals surface area contributed by atoms with Crippen LogP contribution in [0.15, 0.2) is 47.4 Å². The molecule has 2 amide bonds. The number of likely N-dealkylation sites (tertiary alicyclic amines) is 3. The molecule has 1 aliphatic carbocycles. The minimum Gasteiger partial charge on any atom is -0.453 e. The Balaban J connectivity index is 1.01. The Morgan fingerprint density at radius 2 is 1.71 bits per heavy atom. The molecule has 0 spiro atoms. The van der Waals surface area contributed by atoms with E-state index >= 15 is 13.2 Å². The Hall–Kier alpha value is -3.80. The number of carbonyl (C=O) groups is 2. The van der Waals surface area contributed by atoms with Crippen LogP contribution < -0.4 is 10.2 Å². The van der Waals surface area contributed by atoms with E-state index in [-0.39, 0.29) is 60.5 Å². The van der Waals surface area contributed by atoms with Crippen LogP contribution in [0.5, 0.6) is 0 Å². The number of hydrogen-bond donors (Lipinski definition) is 1. The molecule has 1 saturated carbocycles. The Bertz CT molecular complexity index is 1940. The molecular weight excluding hydrogens is 744 g/mol. The van der Waals surface area contributed by atoms with Crippen LogP contribution in [0.25, 0.3) is 0 Å². The molecule has 14 heteroatoms. The number of nitrogens with zero attached hydrogens (tertiary/aromatic N) is 4. The van der Waals surface area contributed by atoms with Gasteiger partial charge < -0.3 is 24.8 Å². The minimum atomic E-state index is -3.92. The molecular formula is C42H54F3N5O5S. The fourth-order valence-electron chi connectivity index (χ4n) is 10.3. The molecule has 0 bridgehead atoms. The number of rotatable bonds is 11. The monoisotopic (exact) mass is 797 g/mol. The van der Waals surface area contributed by atoms with Gasteiger partial charge in [0.05, 0.1) is 36.0 Å². The van der Waals surface area contributed by atoms with Crippen molar-refractivity contribution in [2.24, 2.45) is 11.8 Å². The second-order valence-electron chi connectivity index (χ2n) is 16.6. The van der Waals surface area contributed by atoms with Crippen LogP contribution in [0.2, 0.25) is 0 Å². The molecule has 4 saturated heterocycles. The maximum absolute atomic E-state index is 16.3. The lowest BCUT2D eigenvalue weighted by Crippen LogP contribution is -2.65. The van der Waals surface area contributed by atoms with Gasteiger partial charge in [0.25, 0.3) is 5.91 Å². The van der Waals surface area contributed by atoms with Gasteiger partial charge >= 0.3 is 6.09 Å². The number of nitrogens with one attached hydrogen (secondary N) is 1. The van der Waals surface area contributed by atoms with Crippen molar-refractivity contribution >= 4 is 27.5 Å². The molecule has 56 heavy (non-hydrogen) atoms. The van der Waals surface area contributed by atoms with E-state index < -0.39 is 44.0 Å². The summed E-state index contributed by atoms with van der Waals surface area (Å²) in [7, 11) is -2.55. The second kappa shape index (κ2) is 16.6. The zero-order valence-electron chi connectivity index (χ0n) is 32.5. The standard InChI is InChI=1S/C42H54F3N5O5S/c1-3-8-39(51)49-20-6-11-34(25-49)56(53,54)33-14-15-38(36(44)24-33)50-27-41(45,28-50)26-48-21-16-30(17-22-48)42(29-47-18-7-19-47,31-9-4-10-32(43)23-31)35-12-5-13-37(35)46-40(52)55-2/h4,9-10,14-15,23-24,30,34-35,37H,5-7,11-13,16-22,25-29H2,1-2H3,(H,46,52)/t34-,35-,37-,42-/m0/s1.